The van der Waals surface area contributed by atoms with E-state index in [1.54, 1.807) is 90.1 Å². The standard InChI is InChI=1S/C20H24N2O4.C19H23N3O4/c1-14(13-23)7-5-6-8-15-9-11-16(12-10-15)18(24)22-17(19(25)26-4)20(2,3)21;1-13(12-23)6-4-5-7-14-8-10-15(11-9-14)17(24)21-16(18(25)22-26)19(2,3)20/h9-12,14,17,23H,13,21H2,1-4H3,(H,22,24);8-11,13,16,23,26H,12,20H2,1-3H3,(H,21,24)(H,22,25)/t14?,17-;13?,16-/m11/s1. The van der Waals surface area contributed by atoms with Gasteiger partial charge in [0.1, 0.15) is 12.1 Å². The normalized spacial score (nSPS) is 12.5. The van der Waals surface area contributed by atoms with Crippen LogP contribution in [-0.4, -0.2) is 82.6 Å². The summed E-state index contributed by atoms with van der Waals surface area (Å²) in [4.78, 5) is 48.2. The smallest absolute Gasteiger partial charge is 0.330 e. The molecule has 13 heteroatoms. The lowest BCUT2D eigenvalue weighted by Gasteiger charge is -2.29. The van der Waals surface area contributed by atoms with Gasteiger partial charge >= 0.3 is 5.97 Å². The second-order valence-corrected chi connectivity index (χ2v) is 12.8. The molecule has 2 aromatic rings. The lowest BCUT2D eigenvalue weighted by molar-refractivity contribution is -0.144. The Morgan fingerprint density at radius 2 is 1.06 bits per heavy atom. The summed E-state index contributed by atoms with van der Waals surface area (Å²) in [6, 6.07) is 10.9. The first-order valence-electron chi connectivity index (χ1n) is 16.0. The average molecular weight is 714 g/mol. The van der Waals surface area contributed by atoms with Crippen LogP contribution in [0.25, 0.3) is 0 Å². The number of hydrogen-bond donors (Lipinski definition) is 8. The van der Waals surface area contributed by atoms with E-state index in [0.717, 1.165) is 0 Å². The van der Waals surface area contributed by atoms with Crippen molar-refractivity contribution in [1.82, 2.24) is 16.1 Å². The minimum atomic E-state index is -1.11. The summed E-state index contributed by atoms with van der Waals surface area (Å²) in [5.41, 5.74) is 13.3. The number of hydroxylamine groups is 1. The number of carbonyl (C=O) groups is 4. The Morgan fingerprint density at radius 1 is 0.692 bits per heavy atom. The van der Waals surface area contributed by atoms with Gasteiger partial charge in [-0.25, -0.2) is 10.3 Å². The highest BCUT2D eigenvalue weighted by Gasteiger charge is 2.35. The average Bonchev–Trinajstić information content (AvgIpc) is 3.11. The van der Waals surface area contributed by atoms with Crippen molar-refractivity contribution >= 4 is 23.7 Å². The largest absolute Gasteiger partial charge is 0.467 e. The molecule has 2 rings (SSSR count). The second kappa shape index (κ2) is 21.5. The number of methoxy groups -OCH3 is 1. The topological polar surface area (TPSA) is 226 Å². The number of hydrogen-bond acceptors (Lipinski definition) is 10. The lowest BCUT2D eigenvalue weighted by atomic mass is 9.95. The Morgan fingerprint density at radius 3 is 1.37 bits per heavy atom. The van der Waals surface area contributed by atoms with E-state index in [4.69, 9.17) is 31.6 Å². The molecule has 3 amide bonds. The molecule has 2 unspecified atom stereocenters. The van der Waals surface area contributed by atoms with Crippen LogP contribution in [-0.2, 0) is 14.3 Å². The number of rotatable bonds is 10. The van der Waals surface area contributed by atoms with Crippen molar-refractivity contribution in [2.24, 2.45) is 23.3 Å². The zero-order chi connectivity index (χ0) is 39.5. The maximum Gasteiger partial charge on any atom is 0.330 e. The molecule has 0 saturated heterocycles. The third kappa shape index (κ3) is 15.9. The predicted octanol–water partition coefficient (Wildman–Crippen LogP) is 0.690. The van der Waals surface area contributed by atoms with Crippen LogP contribution >= 0.6 is 0 Å². The van der Waals surface area contributed by atoms with Crippen molar-refractivity contribution in [3.8, 4) is 47.4 Å². The highest BCUT2D eigenvalue weighted by molar-refractivity contribution is 5.98. The van der Waals surface area contributed by atoms with E-state index in [1.165, 1.54) is 12.6 Å². The van der Waals surface area contributed by atoms with Gasteiger partial charge in [-0.2, -0.15) is 0 Å². The van der Waals surface area contributed by atoms with Crippen molar-refractivity contribution in [2.45, 2.75) is 64.7 Å². The van der Waals surface area contributed by atoms with Crippen LogP contribution < -0.4 is 27.6 Å². The van der Waals surface area contributed by atoms with E-state index in [2.05, 4.69) is 58.0 Å². The van der Waals surface area contributed by atoms with Crippen molar-refractivity contribution < 1.29 is 39.3 Å². The van der Waals surface area contributed by atoms with Crippen LogP contribution in [0, 0.1) is 59.2 Å². The fourth-order valence-corrected chi connectivity index (χ4v) is 3.78. The SMILES string of the molecule is CC(C#CC#Cc1ccc(C(=O)N[C@H](C(=O)NO)C(C)(C)N)cc1)CO.COC(=O)[C@@H](NC(=O)c1ccc(C#CC#CC(C)CO)cc1)C(C)(C)N. The summed E-state index contributed by atoms with van der Waals surface area (Å²) in [5, 5.41) is 31.6. The minimum absolute atomic E-state index is 0.00926. The van der Waals surface area contributed by atoms with Gasteiger partial charge in [-0.05, 0) is 114 Å². The van der Waals surface area contributed by atoms with Gasteiger partial charge in [0.05, 0.1) is 20.3 Å². The Labute approximate surface area is 305 Å². The van der Waals surface area contributed by atoms with Gasteiger partial charge in [0.2, 0.25) is 0 Å². The Bertz CT molecular complexity index is 1650. The van der Waals surface area contributed by atoms with Gasteiger partial charge in [0.15, 0.2) is 0 Å². The van der Waals surface area contributed by atoms with E-state index >= 15 is 0 Å². The van der Waals surface area contributed by atoms with E-state index in [1.807, 2.05) is 0 Å². The molecule has 4 atom stereocenters. The summed E-state index contributed by atoms with van der Waals surface area (Å²) < 4.78 is 4.69. The zero-order valence-electron chi connectivity index (χ0n) is 30.4. The highest BCUT2D eigenvalue weighted by Crippen LogP contribution is 2.11. The first-order chi connectivity index (χ1) is 24.4. The molecule has 0 aliphatic heterocycles. The predicted molar refractivity (Wildman–Crippen MR) is 196 cm³/mol. The fraction of sp³-hybridized carbons (Fsp3) is 0.385. The van der Waals surface area contributed by atoms with Crippen molar-refractivity contribution in [3.05, 3.63) is 70.8 Å². The highest BCUT2D eigenvalue weighted by atomic mass is 16.5. The molecule has 2 aromatic carbocycles. The van der Waals surface area contributed by atoms with Crippen LogP contribution in [0.1, 0.15) is 73.4 Å². The van der Waals surface area contributed by atoms with Gasteiger partial charge in [-0.15, -0.1) is 0 Å². The number of amides is 3. The summed E-state index contributed by atoms with van der Waals surface area (Å²) >= 11 is 0. The van der Waals surface area contributed by atoms with Crippen LogP contribution in [0.15, 0.2) is 48.5 Å². The first kappa shape index (κ1) is 44.4. The van der Waals surface area contributed by atoms with E-state index in [0.29, 0.717) is 22.3 Å². The quantitative estimate of drug-likeness (QED) is 0.0744. The van der Waals surface area contributed by atoms with E-state index in [9.17, 15) is 19.2 Å². The number of carbonyl (C=O) groups excluding carboxylic acids is 4. The zero-order valence-corrected chi connectivity index (χ0v) is 30.4. The second-order valence-electron chi connectivity index (χ2n) is 12.8. The van der Waals surface area contributed by atoms with Gasteiger partial charge in [0.25, 0.3) is 17.7 Å². The third-order valence-corrected chi connectivity index (χ3v) is 6.87. The third-order valence-electron chi connectivity index (χ3n) is 6.87. The van der Waals surface area contributed by atoms with Gasteiger partial charge in [-0.1, -0.05) is 23.7 Å². The van der Waals surface area contributed by atoms with Gasteiger partial charge < -0.3 is 37.1 Å². The Hall–Kier alpha value is -5.64. The fourth-order valence-electron chi connectivity index (χ4n) is 3.78. The number of ether oxygens (including phenoxy) is 1. The number of esters is 1. The summed E-state index contributed by atoms with van der Waals surface area (Å²) in [7, 11) is 1.24. The number of nitrogens with one attached hydrogen (secondary N) is 3. The maximum absolute atomic E-state index is 12.3. The van der Waals surface area contributed by atoms with Gasteiger partial charge in [0, 0.05) is 45.2 Å². The van der Waals surface area contributed by atoms with E-state index in [-0.39, 0.29) is 25.0 Å². The van der Waals surface area contributed by atoms with Crippen molar-refractivity contribution in [1.29, 1.82) is 0 Å². The lowest BCUT2D eigenvalue weighted by Crippen LogP contribution is -2.61. The minimum Gasteiger partial charge on any atom is -0.467 e. The molecule has 0 aromatic heterocycles. The monoisotopic (exact) mass is 713 g/mol. The van der Waals surface area contributed by atoms with E-state index < -0.39 is 46.9 Å². The molecule has 0 bridgehead atoms. The molecule has 10 N–H and O–H groups in total. The molecule has 52 heavy (non-hydrogen) atoms. The number of aliphatic hydroxyl groups excluding tert-OH is 2. The maximum atomic E-state index is 12.3. The molecule has 276 valence electrons. The molecular formula is C39H47N5O8. The molecule has 0 fully saturated rings. The molecule has 0 aliphatic rings. The van der Waals surface area contributed by atoms with Crippen LogP contribution in [0.3, 0.4) is 0 Å². The van der Waals surface area contributed by atoms with Crippen molar-refractivity contribution in [2.75, 3.05) is 20.3 Å². The number of aliphatic hydroxyl groups is 2. The molecule has 0 radical (unpaired) electrons. The van der Waals surface area contributed by atoms with Crippen LogP contribution in [0.5, 0.6) is 0 Å². The van der Waals surface area contributed by atoms with Crippen molar-refractivity contribution in [3.63, 3.8) is 0 Å². The summed E-state index contributed by atoms with van der Waals surface area (Å²) in [5.74, 6) is 19.3. The molecule has 13 nitrogen and oxygen atoms in total. The molecular weight excluding hydrogens is 666 g/mol. The number of benzene rings is 2. The molecule has 0 spiro atoms. The van der Waals surface area contributed by atoms with Crippen LogP contribution in [0.2, 0.25) is 0 Å². The van der Waals surface area contributed by atoms with Gasteiger partial charge in [-0.3, -0.25) is 19.6 Å². The Kier molecular flexibility index (Phi) is 18.4. The van der Waals surface area contributed by atoms with Crippen LogP contribution in [0.4, 0.5) is 0 Å². The Balaban J connectivity index is 0.000000520. The molecule has 0 saturated carbocycles. The molecule has 0 aliphatic carbocycles. The summed E-state index contributed by atoms with van der Waals surface area (Å²) in [6.07, 6.45) is 0. The number of nitrogens with two attached hydrogens (primary N) is 2. The molecule has 0 heterocycles. The summed E-state index contributed by atoms with van der Waals surface area (Å²) in [6.45, 7) is 9.94. The first-order valence-corrected chi connectivity index (χ1v) is 16.0.